The number of hydrogen-bond donors (Lipinski definition) is 1. The first-order chi connectivity index (χ1) is 11.4. The van der Waals surface area contributed by atoms with Gasteiger partial charge in [0.1, 0.15) is 5.75 Å². The first-order valence-electron chi connectivity index (χ1n) is 9.08. The zero-order valence-corrected chi connectivity index (χ0v) is 16.4. The molecule has 0 bridgehead atoms. The van der Waals surface area contributed by atoms with Crippen LogP contribution in [0, 0.1) is 5.41 Å². The Morgan fingerprint density at radius 3 is 2.32 bits per heavy atom. The van der Waals surface area contributed by atoms with Gasteiger partial charge in [0.2, 0.25) is 5.91 Å². The highest BCUT2D eigenvalue weighted by atomic mass is 35.5. The molecule has 1 amide bonds. The summed E-state index contributed by atoms with van der Waals surface area (Å²) in [4.78, 5) is 15.6. The minimum absolute atomic E-state index is 0. The summed E-state index contributed by atoms with van der Waals surface area (Å²) in [7, 11) is 1.67. The summed E-state index contributed by atoms with van der Waals surface area (Å²) in [5, 5.41) is 0. The van der Waals surface area contributed by atoms with Gasteiger partial charge in [-0.15, -0.1) is 12.4 Å². The van der Waals surface area contributed by atoms with Crippen molar-refractivity contribution >= 4 is 18.3 Å². The molecular weight excluding hydrogens is 336 g/mol. The van der Waals surface area contributed by atoms with Gasteiger partial charge in [0.05, 0.1) is 12.5 Å². The lowest BCUT2D eigenvalue weighted by atomic mass is 9.75. The molecule has 2 N–H and O–H groups in total. The first-order valence-corrected chi connectivity index (χ1v) is 9.08. The summed E-state index contributed by atoms with van der Waals surface area (Å²) in [6, 6.07) is 8.26. The Morgan fingerprint density at radius 1 is 1.20 bits per heavy atom. The summed E-state index contributed by atoms with van der Waals surface area (Å²) < 4.78 is 5.27. The van der Waals surface area contributed by atoms with Gasteiger partial charge in [-0.25, -0.2) is 0 Å². The van der Waals surface area contributed by atoms with Crippen molar-refractivity contribution in [3.8, 4) is 5.75 Å². The highest BCUT2D eigenvalue weighted by Crippen LogP contribution is 2.44. The van der Waals surface area contributed by atoms with E-state index in [2.05, 4.69) is 30.9 Å². The molecule has 25 heavy (non-hydrogen) atoms. The largest absolute Gasteiger partial charge is 0.497 e. The molecule has 1 aliphatic carbocycles. The molecule has 140 valence electrons. The lowest BCUT2D eigenvalue weighted by Gasteiger charge is -2.45. The Balaban J connectivity index is 0.00000225. The molecule has 1 unspecified atom stereocenters. The molecule has 2 fully saturated rings. The van der Waals surface area contributed by atoms with Crippen molar-refractivity contribution in [3.05, 3.63) is 29.8 Å². The third-order valence-electron chi connectivity index (χ3n) is 6.11. The number of nitrogens with two attached hydrogens (primary N) is 1. The maximum atomic E-state index is 13.5. The minimum atomic E-state index is -0.357. The zero-order valence-electron chi connectivity index (χ0n) is 15.6. The monoisotopic (exact) mass is 366 g/mol. The maximum Gasteiger partial charge on any atom is 0.233 e. The molecule has 1 saturated carbocycles. The Labute approximate surface area is 157 Å². The van der Waals surface area contributed by atoms with Gasteiger partial charge in [0, 0.05) is 19.1 Å². The van der Waals surface area contributed by atoms with Crippen LogP contribution in [0.1, 0.15) is 51.5 Å². The highest BCUT2D eigenvalue weighted by Gasteiger charge is 2.47. The standard InChI is InChI=1S/C20H30N2O2.ClH/c1-19(2)14-22(13-10-17(19)21)18(23)20(11-4-5-12-20)15-6-8-16(24-3)9-7-15;/h6-9,17H,4-5,10-14,21H2,1-3H3;1H. The first kappa shape index (κ1) is 20.1. The van der Waals surface area contributed by atoms with Crippen LogP contribution in [0.3, 0.4) is 0 Å². The second-order valence-electron chi connectivity index (χ2n) is 8.13. The van der Waals surface area contributed by atoms with E-state index in [9.17, 15) is 4.79 Å². The molecule has 0 spiro atoms. The fourth-order valence-electron chi connectivity index (χ4n) is 4.36. The van der Waals surface area contributed by atoms with Gasteiger partial charge in [-0.3, -0.25) is 4.79 Å². The lowest BCUT2D eigenvalue weighted by molar-refractivity contribution is -0.141. The van der Waals surface area contributed by atoms with Crippen LogP contribution >= 0.6 is 12.4 Å². The number of ether oxygens (including phenoxy) is 1. The molecule has 2 aliphatic rings. The van der Waals surface area contributed by atoms with Crippen molar-refractivity contribution in [2.24, 2.45) is 11.1 Å². The molecule has 0 radical (unpaired) electrons. The fraction of sp³-hybridized carbons (Fsp3) is 0.650. The van der Waals surface area contributed by atoms with Crippen LogP contribution in [-0.2, 0) is 10.2 Å². The maximum absolute atomic E-state index is 13.5. The quantitative estimate of drug-likeness (QED) is 0.890. The van der Waals surface area contributed by atoms with Crippen LogP contribution in [0.4, 0.5) is 0 Å². The number of methoxy groups -OCH3 is 1. The third kappa shape index (κ3) is 3.65. The number of rotatable bonds is 3. The molecule has 1 saturated heterocycles. The normalized spacial score (nSPS) is 24.5. The van der Waals surface area contributed by atoms with E-state index in [1.165, 1.54) is 0 Å². The van der Waals surface area contributed by atoms with E-state index < -0.39 is 0 Å². The van der Waals surface area contributed by atoms with Crippen molar-refractivity contribution in [1.82, 2.24) is 4.90 Å². The molecule has 0 aromatic heterocycles. The number of amides is 1. The van der Waals surface area contributed by atoms with E-state index in [1.54, 1.807) is 7.11 Å². The van der Waals surface area contributed by atoms with Crippen LogP contribution in [0.2, 0.25) is 0 Å². The van der Waals surface area contributed by atoms with Crippen LogP contribution in [0.25, 0.3) is 0 Å². The molecule has 1 aliphatic heterocycles. The van der Waals surface area contributed by atoms with E-state index >= 15 is 0 Å². The molecule has 1 atom stereocenters. The molecule has 1 heterocycles. The average molecular weight is 367 g/mol. The summed E-state index contributed by atoms with van der Waals surface area (Å²) in [6.45, 7) is 5.88. The predicted octanol–water partition coefficient (Wildman–Crippen LogP) is 3.51. The molecule has 4 nitrogen and oxygen atoms in total. The van der Waals surface area contributed by atoms with Crippen molar-refractivity contribution < 1.29 is 9.53 Å². The van der Waals surface area contributed by atoms with Crippen molar-refractivity contribution in [1.29, 1.82) is 0 Å². The van der Waals surface area contributed by atoms with Gasteiger partial charge in [0.15, 0.2) is 0 Å². The second-order valence-corrected chi connectivity index (χ2v) is 8.13. The van der Waals surface area contributed by atoms with E-state index in [-0.39, 0.29) is 29.3 Å². The molecule has 1 aromatic rings. The number of likely N-dealkylation sites (tertiary alicyclic amines) is 1. The average Bonchev–Trinajstić information content (AvgIpc) is 3.07. The summed E-state index contributed by atoms with van der Waals surface area (Å²) in [5.74, 6) is 1.13. The SMILES string of the molecule is COc1ccc(C2(C(=O)N3CCC(N)C(C)(C)C3)CCCC2)cc1.Cl. The van der Waals surface area contributed by atoms with E-state index in [0.29, 0.717) is 5.91 Å². The summed E-state index contributed by atoms with van der Waals surface area (Å²) >= 11 is 0. The van der Waals surface area contributed by atoms with Gasteiger partial charge in [-0.1, -0.05) is 38.8 Å². The van der Waals surface area contributed by atoms with Crippen LogP contribution < -0.4 is 10.5 Å². The topological polar surface area (TPSA) is 55.6 Å². The highest BCUT2D eigenvalue weighted by molar-refractivity contribution is 5.89. The number of halogens is 1. The number of carbonyl (C=O) groups is 1. The summed E-state index contributed by atoms with van der Waals surface area (Å²) in [6.07, 6.45) is 5.02. The minimum Gasteiger partial charge on any atom is -0.497 e. The van der Waals surface area contributed by atoms with Crippen LogP contribution in [0.15, 0.2) is 24.3 Å². The Hall–Kier alpha value is -1.26. The number of piperidine rings is 1. The van der Waals surface area contributed by atoms with Crippen LogP contribution in [0.5, 0.6) is 5.75 Å². The molecule has 1 aromatic carbocycles. The van der Waals surface area contributed by atoms with Gasteiger partial charge < -0.3 is 15.4 Å². The Bertz CT molecular complexity index is 594. The van der Waals surface area contributed by atoms with Crippen molar-refractivity contribution in [3.63, 3.8) is 0 Å². The second kappa shape index (κ2) is 7.55. The number of carbonyl (C=O) groups excluding carboxylic acids is 1. The van der Waals surface area contributed by atoms with Gasteiger partial charge in [-0.2, -0.15) is 0 Å². The molecule has 3 rings (SSSR count). The van der Waals surface area contributed by atoms with E-state index in [0.717, 1.165) is 56.5 Å². The third-order valence-corrected chi connectivity index (χ3v) is 6.11. The number of hydrogen-bond acceptors (Lipinski definition) is 3. The van der Waals surface area contributed by atoms with E-state index in [4.69, 9.17) is 10.5 Å². The Kier molecular flexibility index (Phi) is 6.05. The van der Waals surface area contributed by atoms with Gasteiger partial charge in [-0.05, 0) is 42.4 Å². The summed E-state index contributed by atoms with van der Waals surface area (Å²) in [5.41, 5.74) is 7.01. The zero-order chi connectivity index (χ0) is 17.4. The Morgan fingerprint density at radius 2 is 1.80 bits per heavy atom. The van der Waals surface area contributed by atoms with Crippen molar-refractivity contribution in [2.75, 3.05) is 20.2 Å². The predicted molar refractivity (Wildman–Crippen MR) is 103 cm³/mol. The van der Waals surface area contributed by atoms with Gasteiger partial charge in [0.25, 0.3) is 0 Å². The number of benzene rings is 1. The number of nitrogens with zero attached hydrogens (tertiary/aromatic N) is 1. The molecular formula is C20H31ClN2O2. The lowest BCUT2D eigenvalue weighted by Crippen LogP contribution is -2.57. The fourth-order valence-corrected chi connectivity index (χ4v) is 4.36. The van der Waals surface area contributed by atoms with Gasteiger partial charge >= 0.3 is 0 Å². The molecule has 5 heteroatoms. The van der Waals surface area contributed by atoms with Crippen LogP contribution in [-0.4, -0.2) is 37.0 Å². The van der Waals surface area contributed by atoms with Crippen molar-refractivity contribution in [2.45, 2.75) is 57.4 Å². The van der Waals surface area contributed by atoms with E-state index in [1.807, 2.05) is 12.1 Å². The smallest absolute Gasteiger partial charge is 0.233 e.